The van der Waals surface area contributed by atoms with Crippen LogP contribution < -0.4 is 0 Å². The summed E-state index contributed by atoms with van der Waals surface area (Å²) in [6.07, 6.45) is 1.94. The summed E-state index contributed by atoms with van der Waals surface area (Å²) in [6.45, 7) is 11.7. The van der Waals surface area contributed by atoms with Crippen LogP contribution in [0.1, 0.15) is 50.6 Å². The molecular formula is C20H34N4O2. The lowest BCUT2D eigenvalue weighted by molar-refractivity contribution is -0.146. The zero-order chi connectivity index (χ0) is 19.6. The second-order valence-electron chi connectivity index (χ2n) is 8.11. The minimum Gasteiger partial charge on any atom is -0.345 e. The molecular weight excluding hydrogens is 328 g/mol. The molecule has 0 spiro atoms. The van der Waals surface area contributed by atoms with Crippen LogP contribution in [0.2, 0.25) is 0 Å². The number of hydrogen-bond donors (Lipinski definition) is 0. The lowest BCUT2D eigenvalue weighted by Crippen LogP contribution is -2.53. The Morgan fingerprint density at radius 3 is 2.54 bits per heavy atom. The van der Waals surface area contributed by atoms with Crippen LogP contribution in [0.25, 0.3) is 0 Å². The van der Waals surface area contributed by atoms with Crippen molar-refractivity contribution >= 4 is 11.8 Å². The van der Waals surface area contributed by atoms with Gasteiger partial charge in [-0.1, -0.05) is 13.8 Å². The lowest BCUT2D eigenvalue weighted by atomic mass is 9.88. The van der Waals surface area contributed by atoms with Crippen molar-refractivity contribution in [2.45, 2.75) is 59.9 Å². The van der Waals surface area contributed by atoms with Crippen LogP contribution in [-0.2, 0) is 23.1 Å². The van der Waals surface area contributed by atoms with Crippen LogP contribution >= 0.6 is 0 Å². The van der Waals surface area contributed by atoms with Crippen molar-refractivity contribution in [3.63, 3.8) is 0 Å². The number of hydrogen-bond acceptors (Lipinski definition) is 3. The number of amides is 2. The van der Waals surface area contributed by atoms with Gasteiger partial charge in [0.15, 0.2) is 0 Å². The average molecular weight is 363 g/mol. The van der Waals surface area contributed by atoms with E-state index < -0.39 is 0 Å². The van der Waals surface area contributed by atoms with E-state index in [1.807, 2.05) is 42.4 Å². The number of carbonyl (C=O) groups is 2. The largest absolute Gasteiger partial charge is 0.345 e. The van der Waals surface area contributed by atoms with Gasteiger partial charge in [-0.05, 0) is 45.1 Å². The molecule has 0 saturated carbocycles. The number of aromatic nitrogens is 2. The summed E-state index contributed by atoms with van der Waals surface area (Å²) in [5, 5.41) is 4.45. The lowest BCUT2D eigenvalue weighted by Gasteiger charge is -2.40. The first kappa shape index (κ1) is 20.5. The molecule has 6 nitrogen and oxygen atoms in total. The third-order valence-electron chi connectivity index (χ3n) is 5.67. The Hall–Kier alpha value is -1.85. The minimum atomic E-state index is -0.104. The van der Waals surface area contributed by atoms with E-state index in [1.54, 1.807) is 0 Å². The van der Waals surface area contributed by atoms with Crippen molar-refractivity contribution in [3.8, 4) is 0 Å². The number of nitrogens with zero attached hydrogens (tertiary/aromatic N) is 4. The van der Waals surface area contributed by atoms with E-state index in [0.717, 1.165) is 24.4 Å². The number of aryl methyl sites for hydroxylation is 2. The monoisotopic (exact) mass is 362 g/mol. The molecule has 2 heterocycles. The highest BCUT2D eigenvalue weighted by atomic mass is 16.2. The number of carbonyl (C=O) groups excluding carboxylic acids is 2. The number of likely N-dealkylation sites (tertiary alicyclic amines) is 1. The fourth-order valence-electron chi connectivity index (χ4n) is 3.95. The SMILES string of the molecule is Cc1nn(C)c(C)c1CCN(C)C(=O)[C@@H]1CCC(=O)N(CC(C)C)[C@@H]1C. The maximum absolute atomic E-state index is 13.0. The highest BCUT2D eigenvalue weighted by Crippen LogP contribution is 2.27. The zero-order valence-corrected chi connectivity index (χ0v) is 17.4. The third kappa shape index (κ3) is 4.27. The Kier molecular flexibility index (Phi) is 6.48. The molecule has 6 heteroatoms. The van der Waals surface area contributed by atoms with E-state index in [2.05, 4.69) is 25.9 Å². The Morgan fingerprint density at radius 1 is 1.35 bits per heavy atom. The average Bonchev–Trinajstić information content (AvgIpc) is 2.81. The Morgan fingerprint density at radius 2 is 2.00 bits per heavy atom. The van der Waals surface area contributed by atoms with Gasteiger partial charge in [-0.15, -0.1) is 0 Å². The molecule has 0 radical (unpaired) electrons. The summed E-state index contributed by atoms with van der Waals surface area (Å²) in [4.78, 5) is 29.0. The van der Waals surface area contributed by atoms with E-state index >= 15 is 0 Å². The predicted octanol–water partition coefficient (Wildman–Crippen LogP) is 2.32. The summed E-state index contributed by atoms with van der Waals surface area (Å²) in [6, 6.07) is -0.0320. The normalized spacial score (nSPS) is 20.8. The molecule has 2 rings (SSSR count). The number of rotatable bonds is 6. The van der Waals surface area contributed by atoms with Crippen molar-refractivity contribution in [3.05, 3.63) is 17.0 Å². The number of likely N-dealkylation sites (N-methyl/N-ethyl adjacent to an activating group) is 1. The van der Waals surface area contributed by atoms with E-state index in [1.165, 1.54) is 5.56 Å². The van der Waals surface area contributed by atoms with Crippen LogP contribution in [0.3, 0.4) is 0 Å². The fraction of sp³-hybridized carbons (Fsp3) is 0.750. The maximum atomic E-state index is 13.0. The van der Waals surface area contributed by atoms with Crippen LogP contribution in [0, 0.1) is 25.7 Å². The molecule has 26 heavy (non-hydrogen) atoms. The van der Waals surface area contributed by atoms with Crippen molar-refractivity contribution in [1.29, 1.82) is 0 Å². The fourth-order valence-corrected chi connectivity index (χ4v) is 3.95. The van der Waals surface area contributed by atoms with Gasteiger partial charge in [0.25, 0.3) is 0 Å². The van der Waals surface area contributed by atoms with Gasteiger partial charge in [-0.2, -0.15) is 5.10 Å². The van der Waals surface area contributed by atoms with Crippen LogP contribution in [0.5, 0.6) is 0 Å². The molecule has 0 bridgehead atoms. The van der Waals surface area contributed by atoms with Crippen molar-refractivity contribution < 1.29 is 9.59 Å². The Labute approximate surface area is 157 Å². The summed E-state index contributed by atoms with van der Waals surface area (Å²) in [5.74, 6) is 0.634. The second kappa shape index (κ2) is 8.23. The number of piperidine rings is 1. The van der Waals surface area contributed by atoms with Gasteiger partial charge in [0.1, 0.15) is 0 Å². The van der Waals surface area contributed by atoms with Gasteiger partial charge in [-0.3, -0.25) is 14.3 Å². The summed E-state index contributed by atoms with van der Waals surface area (Å²) >= 11 is 0. The highest BCUT2D eigenvalue weighted by Gasteiger charge is 2.38. The quantitative estimate of drug-likeness (QED) is 0.780. The van der Waals surface area contributed by atoms with E-state index in [0.29, 0.717) is 25.3 Å². The molecule has 1 aliphatic heterocycles. The van der Waals surface area contributed by atoms with Crippen LogP contribution in [0.15, 0.2) is 0 Å². The van der Waals surface area contributed by atoms with Gasteiger partial charge >= 0.3 is 0 Å². The zero-order valence-electron chi connectivity index (χ0n) is 17.4. The van der Waals surface area contributed by atoms with Gasteiger partial charge < -0.3 is 9.80 Å². The first-order chi connectivity index (χ1) is 12.1. The van der Waals surface area contributed by atoms with Gasteiger partial charge in [-0.25, -0.2) is 0 Å². The molecule has 2 atom stereocenters. The molecule has 0 aromatic carbocycles. The second-order valence-corrected chi connectivity index (χ2v) is 8.11. The smallest absolute Gasteiger partial charge is 0.227 e. The molecule has 0 aliphatic carbocycles. The van der Waals surface area contributed by atoms with E-state index in [4.69, 9.17) is 0 Å². The van der Waals surface area contributed by atoms with Crippen LogP contribution in [-0.4, -0.2) is 57.6 Å². The molecule has 146 valence electrons. The first-order valence-corrected chi connectivity index (χ1v) is 9.67. The summed E-state index contributed by atoms with van der Waals surface area (Å²) in [5.41, 5.74) is 3.41. The van der Waals surface area contributed by atoms with Crippen molar-refractivity contribution in [2.24, 2.45) is 18.9 Å². The molecule has 0 N–H and O–H groups in total. The minimum absolute atomic E-state index is 0.0320. The molecule has 1 aromatic heterocycles. The molecule has 0 unspecified atom stereocenters. The van der Waals surface area contributed by atoms with Gasteiger partial charge in [0.05, 0.1) is 11.6 Å². The summed E-state index contributed by atoms with van der Waals surface area (Å²) in [7, 11) is 3.82. The highest BCUT2D eigenvalue weighted by molar-refractivity contribution is 5.84. The van der Waals surface area contributed by atoms with Gasteiger partial charge in [0, 0.05) is 45.3 Å². The Bertz CT molecular complexity index is 665. The maximum Gasteiger partial charge on any atom is 0.227 e. The summed E-state index contributed by atoms with van der Waals surface area (Å²) < 4.78 is 1.89. The molecule has 1 fully saturated rings. The molecule has 1 aromatic rings. The molecule has 2 amide bonds. The van der Waals surface area contributed by atoms with Gasteiger partial charge in [0.2, 0.25) is 11.8 Å². The molecule has 1 saturated heterocycles. The van der Waals surface area contributed by atoms with E-state index in [9.17, 15) is 9.59 Å². The predicted molar refractivity (Wildman–Crippen MR) is 103 cm³/mol. The topological polar surface area (TPSA) is 58.4 Å². The standard InChI is InChI=1S/C20H34N4O2/c1-13(2)12-24-16(5)18(8-9-19(24)25)20(26)22(6)11-10-17-14(3)21-23(7)15(17)4/h13,16,18H,8-12H2,1-7H3/t16-,18-/m1/s1. The van der Waals surface area contributed by atoms with Crippen molar-refractivity contribution in [2.75, 3.05) is 20.1 Å². The van der Waals surface area contributed by atoms with Crippen molar-refractivity contribution in [1.82, 2.24) is 19.6 Å². The Balaban J connectivity index is 2.01. The first-order valence-electron chi connectivity index (χ1n) is 9.67. The molecule has 1 aliphatic rings. The third-order valence-corrected chi connectivity index (χ3v) is 5.67. The van der Waals surface area contributed by atoms with E-state index in [-0.39, 0.29) is 23.8 Å². The van der Waals surface area contributed by atoms with Crippen LogP contribution in [0.4, 0.5) is 0 Å².